The zero-order valence-electron chi connectivity index (χ0n) is 12.7. The lowest BCUT2D eigenvalue weighted by atomic mass is 10.0. The minimum atomic E-state index is 0.288. The van der Waals surface area contributed by atoms with Gasteiger partial charge in [-0.3, -0.25) is 9.80 Å². The first kappa shape index (κ1) is 14.6. The molecule has 0 saturated carbocycles. The van der Waals surface area contributed by atoms with Crippen molar-refractivity contribution < 1.29 is 4.42 Å². The molecule has 1 aromatic heterocycles. The standard InChI is InChI=1S/C15H27N3O/c1-15(2,3)18-7-5-17(6-8-18)11-14-9-13(10-16-4)12-19-14/h9,12,16H,5-8,10-11H2,1-4H3. The molecule has 1 aliphatic heterocycles. The molecule has 0 unspecified atom stereocenters. The molecule has 0 bridgehead atoms. The summed E-state index contributed by atoms with van der Waals surface area (Å²) in [5, 5.41) is 3.14. The van der Waals surface area contributed by atoms with Crippen LogP contribution in [0, 0.1) is 0 Å². The van der Waals surface area contributed by atoms with Crippen molar-refractivity contribution in [3.05, 3.63) is 23.7 Å². The van der Waals surface area contributed by atoms with Gasteiger partial charge in [0, 0.05) is 43.8 Å². The van der Waals surface area contributed by atoms with Gasteiger partial charge in [-0.1, -0.05) is 0 Å². The van der Waals surface area contributed by atoms with E-state index in [0.717, 1.165) is 45.0 Å². The first-order chi connectivity index (χ1) is 8.99. The van der Waals surface area contributed by atoms with Gasteiger partial charge in [-0.05, 0) is 33.9 Å². The van der Waals surface area contributed by atoms with Crippen LogP contribution in [-0.4, -0.2) is 48.6 Å². The number of furan rings is 1. The van der Waals surface area contributed by atoms with E-state index < -0.39 is 0 Å². The summed E-state index contributed by atoms with van der Waals surface area (Å²) in [6.45, 7) is 13.2. The molecule has 1 fully saturated rings. The third-order valence-corrected chi connectivity index (χ3v) is 3.79. The smallest absolute Gasteiger partial charge is 0.118 e. The van der Waals surface area contributed by atoms with Gasteiger partial charge in [-0.2, -0.15) is 0 Å². The Morgan fingerprint density at radius 1 is 1.21 bits per heavy atom. The van der Waals surface area contributed by atoms with Gasteiger partial charge < -0.3 is 9.73 Å². The van der Waals surface area contributed by atoms with Crippen molar-refractivity contribution in [2.45, 2.75) is 39.4 Å². The van der Waals surface area contributed by atoms with Crippen LogP contribution in [0.1, 0.15) is 32.1 Å². The number of nitrogens with zero attached hydrogens (tertiary/aromatic N) is 2. The molecular formula is C15H27N3O. The van der Waals surface area contributed by atoms with Crippen LogP contribution in [0.15, 0.2) is 16.7 Å². The second-order valence-corrected chi connectivity index (χ2v) is 6.39. The lowest BCUT2D eigenvalue weighted by Gasteiger charge is -2.42. The maximum absolute atomic E-state index is 5.62. The molecule has 2 heterocycles. The number of hydrogen-bond acceptors (Lipinski definition) is 4. The van der Waals surface area contributed by atoms with Crippen LogP contribution in [0.3, 0.4) is 0 Å². The second-order valence-electron chi connectivity index (χ2n) is 6.39. The number of hydrogen-bond donors (Lipinski definition) is 1. The number of rotatable bonds is 4. The van der Waals surface area contributed by atoms with Crippen LogP contribution in [0.4, 0.5) is 0 Å². The van der Waals surface area contributed by atoms with E-state index in [2.05, 4.69) is 42.0 Å². The molecule has 1 N–H and O–H groups in total. The monoisotopic (exact) mass is 265 g/mol. The maximum Gasteiger partial charge on any atom is 0.118 e. The largest absolute Gasteiger partial charge is 0.468 e. The number of piperazine rings is 1. The van der Waals surface area contributed by atoms with Gasteiger partial charge in [0.15, 0.2) is 0 Å². The van der Waals surface area contributed by atoms with Crippen molar-refractivity contribution in [1.29, 1.82) is 0 Å². The molecule has 0 atom stereocenters. The summed E-state index contributed by atoms with van der Waals surface area (Å²) >= 11 is 0. The molecule has 1 aliphatic rings. The van der Waals surface area contributed by atoms with Gasteiger partial charge in [-0.25, -0.2) is 0 Å². The quantitative estimate of drug-likeness (QED) is 0.901. The Balaban J connectivity index is 1.82. The molecule has 108 valence electrons. The normalized spacial score (nSPS) is 18.9. The van der Waals surface area contributed by atoms with Crippen molar-refractivity contribution in [3.63, 3.8) is 0 Å². The maximum atomic E-state index is 5.62. The fourth-order valence-electron chi connectivity index (χ4n) is 2.60. The van der Waals surface area contributed by atoms with Gasteiger partial charge in [0.2, 0.25) is 0 Å². The Morgan fingerprint density at radius 3 is 2.47 bits per heavy atom. The topological polar surface area (TPSA) is 31.7 Å². The summed E-state index contributed by atoms with van der Waals surface area (Å²) in [5.74, 6) is 1.08. The lowest BCUT2D eigenvalue weighted by Crippen LogP contribution is -2.53. The highest BCUT2D eigenvalue weighted by Crippen LogP contribution is 2.17. The second kappa shape index (κ2) is 6.07. The molecule has 0 radical (unpaired) electrons. The van der Waals surface area contributed by atoms with Crippen LogP contribution < -0.4 is 5.32 Å². The summed E-state index contributed by atoms with van der Waals surface area (Å²) in [4.78, 5) is 5.03. The lowest BCUT2D eigenvalue weighted by molar-refractivity contribution is 0.0562. The van der Waals surface area contributed by atoms with Crippen LogP contribution in [0.2, 0.25) is 0 Å². The minimum Gasteiger partial charge on any atom is -0.468 e. The molecule has 0 amide bonds. The highest BCUT2D eigenvalue weighted by atomic mass is 16.3. The van der Waals surface area contributed by atoms with E-state index in [-0.39, 0.29) is 5.54 Å². The SMILES string of the molecule is CNCc1coc(CN2CCN(C(C)(C)C)CC2)c1. The van der Waals surface area contributed by atoms with E-state index in [1.54, 1.807) is 0 Å². The first-order valence-electron chi connectivity index (χ1n) is 7.17. The molecule has 0 spiro atoms. The average Bonchev–Trinajstić information content (AvgIpc) is 2.77. The summed E-state index contributed by atoms with van der Waals surface area (Å²) in [5.41, 5.74) is 1.52. The zero-order valence-corrected chi connectivity index (χ0v) is 12.7. The molecule has 4 nitrogen and oxygen atoms in total. The van der Waals surface area contributed by atoms with E-state index in [4.69, 9.17) is 4.42 Å². The third kappa shape index (κ3) is 4.06. The van der Waals surface area contributed by atoms with Crippen LogP contribution >= 0.6 is 0 Å². The van der Waals surface area contributed by atoms with Crippen molar-refractivity contribution in [1.82, 2.24) is 15.1 Å². The van der Waals surface area contributed by atoms with Crippen molar-refractivity contribution >= 4 is 0 Å². The van der Waals surface area contributed by atoms with E-state index in [9.17, 15) is 0 Å². The first-order valence-corrected chi connectivity index (χ1v) is 7.17. The van der Waals surface area contributed by atoms with E-state index >= 15 is 0 Å². The van der Waals surface area contributed by atoms with Gasteiger partial charge in [0.05, 0.1) is 12.8 Å². The predicted molar refractivity (Wildman–Crippen MR) is 78.1 cm³/mol. The van der Waals surface area contributed by atoms with Gasteiger partial charge in [-0.15, -0.1) is 0 Å². The van der Waals surface area contributed by atoms with Crippen LogP contribution in [0.5, 0.6) is 0 Å². The summed E-state index contributed by atoms with van der Waals surface area (Å²) < 4.78 is 5.62. The third-order valence-electron chi connectivity index (χ3n) is 3.79. The van der Waals surface area contributed by atoms with Crippen molar-refractivity contribution in [3.8, 4) is 0 Å². The Bertz CT molecular complexity index is 386. The molecule has 1 aromatic rings. The van der Waals surface area contributed by atoms with Crippen molar-refractivity contribution in [2.24, 2.45) is 0 Å². The summed E-state index contributed by atoms with van der Waals surface area (Å²) in [7, 11) is 1.96. The molecule has 0 aliphatic carbocycles. The van der Waals surface area contributed by atoms with E-state index in [1.807, 2.05) is 13.3 Å². The summed E-state index contributed by atoms with van der Waals surface area (Å²) in [6, 6.07) is 2.16. The van der Waals surface area contributed by atoms with Crippen molar-refractivity contribution in [2.75, 3.05) is 33.2 Å². The Hall–Kier alpha value is -0.840. The Kier molecular flexibility index (Phi) is 4.66. The van der Waals surface area contributed by atoms with E-state index in [0.29, 0.717) is 0 Å². The van der Waals surface area contributed by atoms with E-state index in [1.165, 1.54) is 5.56 Å². The molecule has 2 rings (SSSR count). The zero-order chi connectivity index (χ0) is 13.9. The summed E-state index contributed by atoms with van der Waals surface area (Å²) in [6.07, 6.45) is 1.86. The molecule has 19 heavy (non-hydrogen) atoms. The molecule has 1 saturated heterocycles. The average molecular weight is 265 g/mol. The molecule has 0 aromatic carbocycles. The van der Waals surface area contributed by atoms with Gasteiger partial charge in [0.1, 0.15) is 5.76 Å². The Labute approximate surface area is 116 Å². The molecule has 4 heteroatoms. The number of nitrogens with one attached hydrogen (secondary N) is 1. The minimum absolute atomic E-state index is 0.288. The molecular weight excluding hydrogens is 238 g/mol. The van der Waals surface area contributed by atoms with Gasteiger partial charge in [0.25, 0.3) is 0 Å². The van der Waals surface area contributed by atoms with Crippen LogP contribution in [-0.2, 0) is 13.1 Å². The van der Waals surface area contributed by atoms with Crippen LogP contribution in [0.25, 0.3) is 0 Å². The predicted octanol–water partition coefficient (Wildman–Crippen LogP) is 1.92. The van der Waals surface area contributed by atoms with Gasteiger partial charge >= 0.3 is 0 Å². The fourth-order valence-corrected chi connectivity index (χ4v) is 2.60. The fraction of sp³-hybridized carbons (Fsp3) is 0.733. The highest BCUT2D eigenvalue weighted by molar-refractivity contribution is 5.12. The Morgan fingerprint density at radius 2 is 1.89 bits per heavy atom. The highest BCUT2D eigenvalue weighted by Gasteiger charge is 2.25.